The van der Waals surface area contributed by atoms with Crippen molar-refractivity contribution in [1.82, 2.24) is 0 Å². The van der Waals surface area contributed by atoms with Gasteiger partial charge in [0, 0.05) is 18.4 Å². The van der Waals surface area contributed by atoms with Crippen molar-refractivity contribution in [3.63, 3.8) is 0 Å². The topological polar surface area (TPSA) is 26.0 Å². The SMILES string of the molecule is CCC(C)C(c1ccccc1)C(N)CCC(F)(F)F. The molecule has 0 saturated heterocycles. The summed E-state index contributed by atoms with van der Waals surface area (Å²) in [6.07, 6.45) is -4.06. The Balaban J connectivity index is 2.80. The van der Waals surface area contributed by atoms with Crippen LogP contribution in [0.25, 0.3) is 0 Å². The van der Waals surface area contributed by atoms with Crippen molar-refractivity contribution in [1.29, 1.82) is 0 Å². The molecule has 0 fully saturated rings. The second-order valence-corrected chi connectivity index (χ2v) is 5.14. The van der Waals surface area contributed by atoms with E-state index >= 15 is 0 Å². The molecular weight excluding hydrogens is 251 g/mol. The molecule has 0 heterocycles. The Kier molecular flexibility index (Phi) is 5.85. The third-order valence-electron chi connectivity index (χ3n) is 3.66. The summed E-state index contributed by atoms with van der Waals surface area (Å²) in [5.74, 6) is 0.249. The second-order valence-electron chi connectivity index (χ2n) is 5.14. The first-order valence-corrected chi connectivity index (χ1v) is 6.72. The summed E-state index contributed by atoms with van der Waals surface area (Å²) in [5.41, 5.74) is 7.07. The van der Waals surface area contributed by atoms with Crippen LogP contribution >= 0.6 is 0 Å². The number of halogens is 3. The molecule has 0 saturated carbocycles. The smallest absolute Gasteiger partial charge is 0.327 e. The molecule has 108 valence electrons. The second kappa shape index (κ2) is 6.94. The van der Waals surface area contributed by atoms with E-state index in [1.807, 2.05) is 44.2 Å². The van der Waals surface area contributed by atoms with Crippen molar-refractivity contribution in [2.45, 2.75) is 51.2 Å². The van der Waals surface area contributed by atoms with Gasteiger partial charge in [-0.05, 0) is 17.9 Å². The fraction of sp³-hybridized carbons (Fsp3) is 0.600. The van der Waals surface area contributed by atoms with Crippen LogP contribution in [0.2, 0.25) is 0 Å². The molecule has 2 N–H and O–H groups in total. The number of rotatable bonds is 6. The molecule has 1 aromatic carbocycles. The van der Waals surface area contributed by atoms with Gasteiger partial charge in [-0.25, -0.2) is 0 Å². The van der Waals surface area contributed by atoms with E-state index in [0.717, 1.165) is 12.0 Å². The number of benzene rings is 1. The molecule has 0 aliphatic carbocycles. The zero-order valence-electron chi connectivity index (χ0n) is 11.5. The Bertz CT molecular complexity index is 361. The maximum atomic E-state index is 12.3. The van der Waals surface area contributed by atoms with Crippen molar-refractivity contribution in [2.75, 3.05) is 0 Å². The first-order chi connectivity index (χ1) is 8.85. The zero-order chi connectivity index (χ0) is 14.5. The lowest BCUT2D eigenvalue weighted by molar-refractivity contribution is -0.136. The van der Waals surface area contributed by atoms with Crippen molar-refractivity contribution in [3.05, 3.63) is 35.9 Å². The highest BCUT2D eigenvalue weighted by atomic mass is 19.4. The van der Waals surface area contributed by atoms with E-state index < -0.39 is 18.6 Å². The predicted octanol–water partition coefficient (Wildman–Crippen LogP) is 4.49. The Morgan fingerprint density at radius 1 is 1.16 bits per heavy atom. The van der Waals surface area contributed by atoms with Gasteiger partial charge in [-0.2, -0.15) is 13.2 Å². The zero-order valence-corrected chi connectivity index (χ0v) is 11.5. The van der Waals surface area contributed by atoms with Crippen molar-refractivity contribution >= 4 is 0 Å². The average Bonchev–Trinajstić information content (AvgIpc) is 2.37. The number of alkyl halides is 3. The van der Waals surface area contributed by atoms with Crippen LogP contribution in [0.15, 0.2) is 30.3 Å². The Morgan fingerprint density at radius 2 is 1.74 bits per heavy atom. The normalized spacial score (nSPS) is 16.9. The molecule has 0 amide bonds. The highest BCUT2D eigenvalue weighted by Crippen LogP contribution is 2.33. The monoisotopic (exact) mass is 273 g/mol. The molecule has 0 bridgehead atoms. The molecule has 0 aliphatic rings. The lowest BCUT2D eigenvalue weighted by atomic mass is 9.79. The van der Waals surface area contributed by atoms with E-state index in [1.54, 1.807) is 0 Å². The fourth-order valence-electron chi connectivity index (χ4n) is 2.44. The number of hydrogen-bond donors (Lipinski definition) is 1. The van der Waals surface area contributed by atoms with Crippen LogP contribution < -0.4 is 5.73 Å². The molecule has 3 atom stereocenters. The maximum absolute atomic E-state index is 12.3. The first-order valence-electron chi connectivity index (χ1n) is 6.72. The van der Waals surface area contributed by atoms with E-state index in [2.05, 4.69) is 0 Å². The van der Waals surface area contributed by atoms with Crippen LogP contribution in [0.4, 0.5) is 13.2 Å². The summed E-state index contributed by atoms with van der Waals surface area (Å²) in [7, 11) is 0. The van der Waals surface area contributed by atoms with Gasteiger partial charge >= 0.3 is 6.18 Å². The van der Waals surface area contributed by atoms with Gasteiger partial charge in [0.15, 0.2) is 0 Å². The van der Waals surface area contributed by atoms with Crippen molar-refractivity contribution in [2.24, 2.45) is 11.7 Å². The van der Waals surface area contributed by atoms with Gasteiger partial charge in [0.2, 0.25) is 0 Å². The van der Waals surface area contributed by atoms with Gasteiger partial charge in [-0.15, -0.1) is 0 Å². The van der Waals surface area contributed by atoms with Crippen LogP contribution in [0.5, 0.6) is 0 Å². The van der Waals surface area contributed by atoms with Crippen LogP contribution in [-0.4, -0.2) is 12.2 Å². The fourth-order valence-corrected chi connectivity index (χ4v) is 2.44. The minimum atomic E-state index is -4.13. The van der Waals surface area contributed by atoms with Gasteiger partial charge in [0.05, 0.1) is 0 Å². The van der Waals surface area contributed by atoms with Crippen LogP contribution in [0.1, 0.15) is 44.6 Å². The quantitative estimate of drug-likeness (QED) is 0.812. The molecule has 0 aromatic heterocycles. The standard InChI is InChI=1S/C15H22F3N/c1-3-11(2)14(12-7-5-4-6-8-12)13(19)9-10-15(16,17)18/h4-8,11,13-14H,3,9-10,19H2,1-2H3. The molecule has 0 radical (unpaired) electrons. The third-order valence-corrected chi connectivity index (χ3v) is 3.66. The number of nitrogens with two attached hydrogens (primary N) is 1. The van der Waals surface area contributed by atoms with Crippen LogP contribution in [0.3, 0.4) is 0 Å². The van der Waals surface area contributed by atoms with Gasteiger partial charge in [-0.1, -0.05) is 50.6 Å². The summed E-state index contributed by atoms with van der Waals surface area (Å²) in [6.45, 7) is 4.09. The minimum Gasteiger partial charge on any atom is -0.327 e. The Morgan fingerprint density at radius 3 is 2.21 bits per heavy atom. The average molecular weight is 273 g/mol. The first kappa shape index (κ1) is 16.0. The van der Waals surface area contributed by atoms with Gasteiger partial charge in [-0.3, -0.25) is 0 Å². The van der Waals surface area contributed by atoms with Gasteiger partial charge < -0.3 is 5.73 Å². The largest absolute Gasteiger partial charge is 0.389 e. The van der Waals surface area contributed by atoms with E-state index in [4.69, 9.17) is 5.73 Å². The molecule has 0 aliphatic heterocycles. The highest BCUT2D eigenvalue weighted by molar-refractivity contribution is 5.22. The minimum absolute atomic E-state index is 0.0199. The van der Waals surface area contributed by atoms with Gasteiger partial charge in [0.25, 0.3) is 0 Å². The van der Waals surface area contributed by atoms with E-state index in [0.29, 0.717) is 0 Å². The lowest BCUT2D eigenvalue weighted by Crippen LogP contribution is -2.33. The molecule has 4 heteroatoms. The maximum Gasteiger partial charge on any atom is 0.389 e. The van der Waals surface area contributed by atoms with Crippen molar-refractivity contribution < 1.29 is 13.2 Å². The predicted molar refractivity (Wildman–Crippen MR) is 71.9 cm³/mol. The summed E-state index contributed by atoms with van der Waals surface area (Å²) in [5, 5.41) is 0. The van der Waals surface area contributed by atoms with Crippen LogP contribution in [0, 0.1) is 5.92 Å². The number of hydrogen-bond acceptors (Lipinski definition) is 1. The Hall–Kier alpha value is -1.03. The van der Waals surface area contributed by atoms with Crippen molar-refractivity contribution in [3.8, 4) is 0 Å². The molecule has 19 heavy (non-hydrogen) atoms. The molecule has 1 nitrogen and oxygen atoms in total. The highest BCUT2D eigenvalue weighted by Gasteiger charge is 2.31. The summed E-state index contributed by atoms with van der Waals surface area (Å²) < 4.78 is 36.9. The Labute approximate surface area is 113 Å². The third kappa shape index (κ3) is 5.23. The molecule has 1 rings (SSSR count). The molecule has 0 spiro atoms. The van der Waals surface area contributed by atoms with E-state index in [9.17, 15) is 13.2 Å². The van der Waals surface area contributed by atoms with E-state index in [1.165, 1.54) is 0 Å². The molecule has 3 unspecified atom stereocenters. The lowest BCUT2D eigenvalue weighted by Gasteiger charge is -2.29. The summed E-state index contributed by atoms with van der Waals surface area (Å²) >= 11 is 0. The summed E-state index contributed by atoms with van der Waals surface area (Å²) in [6, 6.07) is 9.15. The molecule has 1 aromatic rings. The molecular formula is C15H22F3N. The van der Waals surface area contributed by atoms with E-state index in [-0.39, 0.29) is 18.3 Å². The summed E-state index contributed by atoms with van der Waals surface area (Å²) in [4.78, 5) is 0. The van der Waals surface area contributed by atoms with Crippen LogP contribution in [-0.2, 0) is 0 Å². The van der Waals surface area contributed by atoms with Gasteiger partial charge in [0.1, 0.15) is 0 Å².